The Kier molecular flexibility index (Phi) is 4.06. The minimum atomic E-state index is 0.0271. The third-order valence-corrected chi connectivity index (χ3v) is 4.02. The van der Waals surface area contributed by atoms with Gasteiger partial charge in [0, 0.05) is 33.1 Å². The first-order valence-electron chi connectivity index (χ1n) is 7.51. The fourth-order valence-electron chi connectivity index (χ4n) is 2.80. The van der Waals surface area contributed by atoms with Gasteiger partial charge in [0.05, 0.1) is 6.26 Å². The van der Waals surface area contributed by atoms with Crippen molar-refractivity contribution in [3.8, 4) is 17.7 Å². The van der Waals surface area contributed by atoms with E-state index in [1.165, 1.54) is 6.26 Å². The second kappa shape index (κ2) is 6.16. The van der Waals surface area contributed by atoms with Crippen molar-refractivity contribution in [2.45, 2.75) is 12.8 Å². The van der Waals surface area contributed by atoms with Gasteiger partial charge < -0.3 is 18.6 Å². The van der Waals surface area contributed by atoms with Crippen LogP contribution in [0.1, 0.15) is 18.5 Å². The summed E-state index contributed by atoms with van der Waals surface area (Å²) < 4.78 is 11.0. The van der Waals surface area contributed by atoms with Crippen molar-refractivity contribution >= 4 is 11.8 Å². The Bertz CT molecular complexity index is 719. The molecular weight excluding hydrogens is 296 g/mol. The van der Waals surface area contributed by atoms with Crippen LogP contribution in [-0.2, 0) is 4.79 Å². The average Bonchev–Trinajstić information content (AvgIpc) is 3.23. The predicted octanol–water partition coefficient (Wildman–Crippen LogP) is 2.11. The van der Waals surface area contributed by atoms with Crippen LogP contribution < -0.4 is 4.90 Å². The molecule has 2 aromatic heterocycles. The molecule has 23 heavy (non-hydrogen) atoms. The van der Waals surface area contributed by atoms with Gasteiger partial charge >= 0.3 is 0 Å². The molecule has 1 fully saturated rings. The maximum absolute atomic E-state index is 12.0. The molecule has 0 bridgehead atoms. The molecule has 2 aromatic rings. The monoisotopic (exact) mass is 314 g/mol. The highest BCUT2D eigenvalue weighted by molar-refractivity contribution is 5.78. The predicted molar refractivity (Wildman–Crippen MR) is 82.6 cm³/mol. The summed E-state index contributed by atoms with van der Waals surface area (Å²) >= 11 is 0. The zero-order chi connectivity index (χ0) is 16.4. The Morgan fingerprint density at radius 3 is 2.74 bits per heavy atom. The lowest BCUT2D eigenvalue weighted by molar-refractivity contribution is -0.133. The van der Waals surface area contributed by atoms with Gasteiger partial charge in [-0.3, -0.25) is 4.79 Å². The number of nitrogens with zero attached hydrogens (tertiary/aromatic N) is 4. The van der Waals surface area contributed by atoms with Gasteiger partial charge in [-0.1, -0.05) is 0 Å². The van der Waals surface area contributed by atoms with Gasteiger partial charge in [0.2, 0.25) is 17.5 Å². The summed E-state index contributed by atoms with van der Waals surface area (Å²) in [5, 5.41) is 9.28. The normalized spacial score (nSPS) is 15.4. The number of aromatic nitrogens is 1. The number of hydrogen-bond acceptors (Lipinski definition) is 6. The molecule has 1 aliphatic heterocycles. The zero-order valence-electron chi connectivity index (χ0n) is 13.2. The van der Waals surface area contributed by atoms with E-state index in [1.807, 2.05) is 4.90 Å². The smallest absolute Gasteiger partial charge is 0.266 e. The molecule has 7 nitrogen and oxygen atoms in total. The molecule has 3 heterocycles. The number of rotatable bonds is 3. The van der Waals surface area contributed by atoms with E-state index in [-0.39, 0.29) is 17.5 Å². The first kappa shape index (κ1) is 15.2. The van der Waals surface area contributed by atoms with Crippen molar-refractivity contribution in [1.82, 2.24) is 9.88 Å². The molecule has 3 rings (SSSR count). The van der Waals surface area contributed by atoms with Gasteiger partial charge in [-0.15, -0.1) is 0 Å². The van der Waals surface area contributed by atoms with E-state index in [9.17, 15) is 10.1 Å². The van der Waals surface area contributed by atoms with Crippen LogP contribution in [0.5, 0.6) is 0 Å². The van der Waals surface area contributed by atoms with Crippen molar-refractivity contribution in [3.05, 3.63) is 24.1 Å². The number of carbonyl (C=O) groups excluding carboxylic acids is 1. The average molecular weight is 314 g/mol. The van der Waals surface area contributed by atoms with Gasteiger partial charge in [-0.25, -0.2) is 0 Å². The fourth-order valence-corrected chi connectivity index (χ4v) is 2.80. The third-order valence-electron chi connectivity index (χ3n) is 4.02. The Balaban J connectivity index is 1.76. The molecule has 0 spiro atoms. The molecule has 0 N–H and O–H groups in total. The number of piperidine rings is 1. The van der Waals surface area contributed by atoms with E-state index in [0.717, 1.165) is 12.8 Å². The number of carbonyl (C=O) groups is 1. The molecule has 0 aliphatic carbocycles. The van der Waals surface area contributed by atoms with Gasteiger partial charge in [0.1, 0.15) is 6.07 Å². The number of furan rings is 1. The van der Waals surface area contributed by atoms with Gasteiger partial charge in [-0.05, 0) is 25.0 Å². The largest absolute Gasteiger partial charge is 0.459 e. The molecule has 0 aromatic carbocycles. The van der Waals surface area contributed by atoms with Gasteiger partial charge in [0.25, 0.3) is 5.89 Å². The lowest BCUT2D eigenvalue weighted by Gasteiger charge is -2.32. The van der Waals surface area contributed by atoms with E-state index >= 15 is 0 Å². The van der Waals surface area contributed by atoms with Crippen molar-refractivity contribution in [3.63, 3.8) is 0 Å². The summed E-state index contributed by atoms with van der Waals surface area (Å²) in [5.41, 5.74) is 0.244. The minimum absolute atomic E-state index is 0.0271. The minimum Gasteiger partial charge on any atom is -0.459 e. The quantitative estimate of drug-likeness (QED) is 0.862. The first-order chi connectivity index (χ1) is 11.1. The number of amides is 1. The summed E-state index contributed by atoms with van der Waals surface area (Å²) in [6, 6.07) is 5.54. The van der Waals surface area contributed by atoms with Crippen molar-refractivity contribution in [1.29, 1.82) is 5.26 Å². The van der Waals surface area contributed by atoms with Crippen LogP contribution in [0.3, 0.4) is 0 Å². The number of hydrogen-bond donors (Lipinski definition) is 0. The van der Waals surface area contributed by atoms with Crippen LogP contribution in [0.2, 0.25) is 0 Å². The van der Waals surface area contributed by atoms with Crippen LogP contribution in [0.15, 0.2) is 27.2 Å². The standard InChI is InChI=1S/C16H18N4O3/c1-19(2)15(21)11-5-7-20(8-6-11)16-12(10-17)18-14(23-16)13-4-3-9-22-13/h3-4,9,11H,5-8H2,1-2H3. The molecule has 0 atom stereocenters. The van der Waals surface area contributed by atoms with E-state index in [4.69, 9.17) is 8.83 Å². The van der Waals surface area contributed by atoms with Gasteiger partial charge in [-0.2, -0.15) is 10.2 Å². The molecule has 1 aliphatic rings. The van der Waals surface area contributed by atoms with Crippen LogP contribution >= 0.6 is 0 Å². The Morgan fingerprint density at radius 2 is 2.17 bits per heavy atom. The van der Waals surface area contributed by atoms with E-state index in [0.29, 0.717) is 30.6 Å². The molecule has 120 valence electrons. The summed E-state index contributed by atoms with van der Waals surface area (Å²) in [4.78, 5) is 19.8. The number of oxazole rings is 1. The molecule has 0 saturated carbocycles. The second-order valence-corrected chi connectivity index (χ2v) is 5.76. The molecule has 0 unspecified atom stereocenters. The fraction of sp³-hybridized carbons (Fsp3) is 0.438. The maximum Gasteiger partial charge on any atom is 0.266 e. The second-order valence-electron chi connectivity index (χ2n) is 5.76. The summed E-state index contributed by atoms with van der Waals surface area (Å²) in [6.07, 6.45) is 3.00. The number of anilines is 1. The lowest BCUT2D eigenvalue weighted by Crippen LogP contribution is -2.40. The number of nitriles is 1. The third kappa shape index (κ3) is 2.93. The molecular formula is C16H18N4O3. The van der Waals surface area contributed by atoms with E-state index in [1.54, 1.807) is 31.1 Å². The first-order valence-corrected chi connectivity index (χ1v) is 7.51. The lowest BCUT2D eigenvalue weighted by atomic mass is 9.95. The van der Waals surface area contributed by atoms with E-state index in [2.05, 4.69) is 11.1 Å². The summed E-state index contributed by atoms with van der Waals surface area (Å²) in [6.45, 7) is 1.32. The Hall–Kier alpha value is -2.75. The van der Waals surface area contributed by atoms with Crippen LogP contribution in [0.25, 0.3) is 11.7 Å². The molecule has 7 heteroatoms. The van der Waals surface area contributed by atoms with Crippen molar-refractivity contribution in [2.75, 3.05) is 32.1 Å². The molecule has 1 saturated heterocycles. The molecule has 0 radical (unpaired) electrons. The highest BCUT2D eigenvalue weighted by Crippen LogP contribution is 2.31. The van der Waals surface area contributed by atoms with Crippen molar-refractivity contribution in [2.24, 2.45) is 5.92 Å². The van der Waals surface area contributed by atoms with Gasteiger partial charge in [0.15, 0.2) is 5.76 Å². The zero-order valence-corrected chi connectivity index (χ0v) is 13.2. The van der Waals surface area contributed by atoms with E-state index < -0.39 is 0 Å². The Morgan fingerprint density at radius 1 is 1.43 bits per heavy atom. The topological polar surface area (TPSA) is 86.5 Å². The van der Waals surface area contributed by atoms with Crippen molar-refractivity contribution < 1.29 is 13.6 Å². The van der Waals surface area contributed by atoms with Crippen LogP contribution in [0, 0.1) is 17.2 Å². The maximum atomic E-state index is 12.0. The van der Waals surface area contributed by atoms with Crippen LogP contribution in [-0.4, -0.2) is 43.0 Å². The summed E-state index contributed by atoms with van der Waals surface area (Å²) in [7, 11) is 3.54. The molecule has 1 amide bonds. The highest BCUT2D eigenvalue weighted by atomic mass is 16.4. The van der Waals surface area contributed by atoms with Crippen LogP contribution in [0.4, 0.5) is 5.88 Å². The Labute approximate surface area is 134 Å². The highest BCUT2D eigenvalue weighted by Gasteiger charge is 2.29. The summed E-state index contributed by atoms with van der Waals surface area (Å²) in [5.74, 6) is 1.42. The SMILES string of the molecule is CN(C)C(=O)C1CCN(c2oc(-c3ccco3)nc2C#N)CC1.